The fourth-order valence-electron chi connectivity index (χ4n) is 1.15. The van der Waals surface area contributed by atoms with Crippen molar-refractivity contribution in [2.45, 2.75) is 13.3 Å². The number of hydrogen-bond acceptors (Lipinski definition) is 4. The minimum atomic E-state index is 0.922. The van der Waals surface area contributed by atoms with Crippen molar-refractivity contribution in [1.29, 1.82) is 0 Å². The van der Waals surface area contributed by atoms with Gasteiger partial charge in [0.15, 0.2) is 0 Å². The van der Waals surface area contributed by atoms with E-state index in [1.807, 2.05) is 7.05 Å². The molecule has 0 spiro atoms. The second kappa shape index (κ2) is 6.32. The molecule has 4 nitrogen and oxygen atoms in total. The van der Waals surface area contributed by atoms with E-state index < -0.39 is 0 Å². The maximum Gasteiger partial charge on any atom is 0.146 e. The van der Waals surface area contributed by atoms with Crippen LogP contribution < -0.4 is 10.2 Å². The standard InChI is InChI=1S/C10H18N4/c1-3-4-11-7-8-14(2)10-9-12-5-6-13-10/h5-6,9,11H,3-4,7-8H2,1-2H3. The third-order valence-corrected chi connectivity index (χ3v) is 1.99. The molecule has 1 rings (SSSR count). The van der Waals surface area contributed by atoms with Gasteiger partial charge in [-0.2, -0.15) is 0 Å². The lowest BCUT2D eigenvalue weighted by molar-refractivity contribution is 0.663. The highest BCUT2D eigenvalue weighted by Crippen LogP contribution is 2.02. The summed E-state index contributed by atoms with van der Waals surface area (Å²) in [4.78, 5) is 10.3. The third-order valence-electron chi connectivity index (χ3n) is 1.99. The lowest BCUT2D eigenvalue weighted by atomic mass is 10.4. The number of rotatable bonds is 6. The lowest BCUT2D eigenvalue weighted by Gasteiger charge is -2.17. The molecule has 78 valence electrons. The van der Waals surface area contributed by atoms with Gasteiger partial charge in [0.1, 0.15) is 5.82 Å². The summed E-state index contributed by atoms with van der Waals surface area (Å²) in [5, 5.41) is 3.35. The molecule has 0 radical (unpaired) electrons. The van der Waals surface area contributed by atoms with Crippen molar-refractivity contribution in [3.8, 4) is 0 Å². The Morgan fingerprint density at radius 3 is 2.86 bits per heavy atom. The molecule has 0 aliphatic carbocycles. The van der Waals surface area contributed by atoms with Crippen LogP contribution in [0, 0.1) is 0 Å². The molecule has 1 heterocycles. The number of likely N-dealkylation sites (N-methyl/N-ethyl adjacent to an activating group) is 1. The highest BCUT2D eigenvalue weighted by atomic mass is 15.2. The number of nitrogens with one attached hydrogen (secondary N) is 1. The zero-order chi connectivity index (χ0) is 10.2. The minimum Gasteiger partial charge on any atom is -0.357 e. The maximum absolute atomic E-state index is 4.21. The summed E-state index contributed by atoms with van der Waals surface area (Å²) in [6.45, 7) is 5.19. The van der Waals surface area contributed by atoms with Crippen molar-refractivity contribution in [2.24, 2.45) is 0 Å². The van der Waals surface area contributed by atoms with E-state index in [1.54, 1.807) is 18.6 Å². The maximum atomic E-state index is 4.21. The van der Waals surface area contributed by atoms with Gasteiger partial charge in [0.05, 0.1) is 6.20 Å². The van der Waals surface area contributed by atoms with E-state index in [4.69, 9.17) is 0 Å². The Kier molecular flexibility index (Phi) is 4.93. The van der Waals surface area contributed by atoms with Crippen LogP contribution >= 0.6 is 0 Å². The van der Waals surface area contributed by atoms with Crippen molar-refractivity contribution in [2.75, 3.05) is 31.6 Å². The summed E-state index contributed by atoms with van der Waals surface area (Å²) in [6.07, 6.45) is 6.35. The Balaban J connectivity index is 2.25. The molecule has 0 saturated carbocycles. The highest BCUT2D eigenvalue weighted by Gasteiger charge is 1.99. The van der Waals surface area contributed by atoms with E-state index >= 15 is 0 Å². The zero-order valence-corrected chi connectivity index (χ0v) is 8.90. The summed E-state index contributed by atoms with van der Waals surface area (Å²) in [7, 11) is 2.03. The van der Waals surface area contributed by atoms with Crippen molar-refractivity contribution in [1.82, 2.24) is 15.3 Å². The molecule has 0 amide bonds. The molecule has 4 heteroatoms. The number of aromatic nitrogens is 2. The van der Waals surface area contributed by atoms with Crippen molar-refractivity contribution in [3.05, 3.63) is 18.6 Å². The Morgan fingerprint density at radius 2 is 2.21 bits per heavy atom. The average Bonchev–Trinajstić information content (AvgIpc) is 2.25. The average molecular weight is 194 g/mol. The zero-order valence-electron chi connectivity index (χ0n) is 8.90. The first kappa shape index (κ1) is 10.9. The van der Waals surface area contributed by atoms with Gasteiger partial charge >= 0.3 is 0 Å². The van der Waals surface area contributed by atoms with Crippen LogP contribution in [0.15, 0.2) is 18.6 Å². The molecule has 0 fully saturated rings. The van der Waals surface area contributed by atoms with E-state index in [9.17, 15) is 0 Å². The van der Waals surface area contributed by atoms with Crippen LogP contribution in [0.5, 0.6) is 0 Å². The predicted molar refractivity (Wildman–Crippen MR) is 58.5 cm³/mol. The van der Waals surface area contributed by atoms with Gasteiger partial charge in [-0.3, -0.25) is 4.98 Å². The van der Waals surface area contributed by atoms with E-state index in [2.05, 4.69) is 27.1 Å². The van der Waals surface area contributed by atoms with Gasteiger partial charge in [-0.1, -0.05) is 6.92 Å². The molecule has 1 N–H and O–H groups in total. The van der Waals surface area contributed by atoms with E-state index in [0.29, 0.717) is 0 Å². The van der Waals surface area contributed by atoms with Crippen LogP contribution in [0.25, 0.3) is 0 Å². The first-order valence-electron chi connectivity index (χ1n) is 5.02. The fourth-order valence-corrected chi connectivity index (χ4v) is 1.15. The number of nitrogens with zero attached hydrogens (tertiary/aromatic N) is 3. The molecule has 1 aromatic heterocycles. The Hall–Kier alpha value is -1.16. The van der Waals surface area contributed by atoms with Crippen LogP contribution in [-0.4, -0.2) is 36.6 Å². The predicted octanol–water partition coefficient (Wildman–Crippen LogP) is 0.912. The third kappa shape index (κ3) is 3.70. The minimum absolute atomic E-state index is 0.922. The summed E-state index contributed by atoms with van der Waals surface area (Å²) < 4.78 is 0. The summed E-state index contributed by atoms with van der Waals surface area (Å²) >= 11 is 0. The topological polar surface area (TPSA) is 41.0 Å². The normalized spacial score (nSPS) is 10.1. The molecule has 0 aliphatic heterocycles. The molecule has 0 bridgehead atoms. The summed E-state index contributed by atoms with van der Waals surface area (Å²) in [5.74, 6) is 0.922. The second-order valence-electron chi connectivity index (χ2n) is 3.24. The second-order valence-corrected chi connectivity index (χ2v) is 3.24. The van der Waals surface area contributed by atoms with Crippen molar-refractivity contribution >= 4 is 5.82 Å². The quantitative estimate of drug-likeness (QED) is 0.683. The van der Waals surface area contributed by atoms with Crippen LogP contribution in [-0.2, 0) is 0 Å². The van der Waals surface area contributed by atoms with Gasteiger partial charge in [-0.25, -0.2) is 4.98 Å². The Labute approximate surface area is 85.4 Å². The molecular formula is C10H18N4. The Bertz CT molecular complexity index is 237. The smallest absolute Gasteiger partial charge is 0.146 e. The molecule has 1 aromatic rings. The SMILES string of the molecule is CCCNCCN(C)c1cnccn1. The number of hydrogen-bond donors (Lipinski definition) is 1. The van der Waals surface area contributed by atoms with Gasteiger partial charge in [0.2, 0.25) is 0 Å². The molecule has 0 aliphatic rings. The lowest BCUT2D eigenvalue weighted by Crippen LogP contribution is -2.30. The molecule has 0 atom stereocenters. The van der Waals surface area contributed by atoms with Gasteiger partial charge in [-0.05, 0) is 13.0 Å². The first-order chi connectivity index (χ1) is 6.84. The van der Waals surface area contributed by atoms with E-state index in [-0.39, 0.29) is 0 Å². The van der Waals surface area contributed by atoms with E-state index in [0.717, 1.165) is 25.5 Å². The largest absolute Gasteiger partial charge is 0.357 e. The molecule has 0 unspecified atom stereocenters. The van der Waals surface area contributed by atoms with Crippen LogP contribution in [0.3, 0.4) is 0 Å². The van der Waals surface area contributed by atoms with Crippen molar-refractivity contribution < 1.29 is 0 Å². The fraction of sp³-hybridized carbons (Fsp3) is 0.600. The highest BCUT2D eigenvalue weighted by molar-refractivity contribution is 5.33. The monoisotopic (exact) mass is 194 g/mol. The van der Waals surface area contributed by atoms with E-state index in [1.165, 1.54) is 6.42 Å². The summed E-state index contributed by atoms with van der Waals surface area (Å²) in [5.41, 5.74) is 0. The van der Waals surface area contributed by atoms with Crippen molar-refractivity contribution in [3.63, 3.8) is 0 Å². The van der Waals surface area contributed by atoms with Gasteiger partial charge < -0.3 is 10.2 Å². The van der Waals surface area contributed by atoms with Gasteiger partial charge in [-0.15, -0.1) is 0 Å². The van der Waals surface area contributed by atoms with Gasteiger partial charge in [0, 0.05) is 32.5 Å². The molecule has 0 aromatic carbocycles. The molecular weight excluding hydrogens is 176 g/mol. The molecule has 14 heavy (non-hydrogen) atoms. The van der Waals surface area contributed by atoms with Gasteiger partial charge in [0.25, 0.3) is 0 Å². The van der Waals surface area contributed by atoms with Crippen LogP contribution in [0.2, 0.25) is 0 Å². The van der Waals surface area contributed by atoms with Crippen LogP contribution in [0.1, 0.15) is 13.3 Å². The molecule has 0 saturated heterocycles. The number of anilines is 1. The summed E-state index contributed by atoms with van der Waals surface area (Å²) in [6, 6.07) is 0. The van der Waals surface area contributed by atoms with Crippen LogP contribution in [0.4, 0.5) is 5.82 Å². The first-order valence-corrected chi connectivity index (χ1v) is 5.02. The Morgan fingerprint density at radius 1 is 1.36 bits per heavy atom.